The molecular formula is C19H19N3O3S. The fraction of sp³-hybridized carbons (Fsp3) is 0.316. The van der Waals surface area contributed by atoms with Crippen molar-refractivity contribution in [2.24, 2.45) is 0 Å². The van der Waals surface area contributed by atoms with Gasteiger partial charge in [-0.15, -0.1) is 21.5 Å². The summed E-state index contributed by atoms with van der Waals surface area (Å²) in [6, 6.07) is 13.3. The summed E-state index contributed by atoms with van der Waals surface area (Å²) in [5.74, 6) is 1.95. The van der Waals surface area contributed by atoms with E-state index in [1.165, 1.54) is 11.3 Å². The molecule has 2 aromatic heterocycles. The van der Waals surface area contributed by atoms with Crippen LogP contribution in [0.25, 0.3) is 0 Å². The number of para-hydroxylation sites is 1. The number of hydrogen-bond donors (Lipinski definition) is 0. The van der Waals surface area contributed by atoms with E-state index < -0.39 is 0 Å². The van der Waals surface area contributed by atoms with Crippen LogP contribution in [0.1, 0.15) is 40.2 Å². The lowest BCUT2D eigenvalue weighted by Crippen LogP contribution is -2.38. The highest BCUT2D eigenvalue weighted by Crippen LogP contribution is 2.27. The topological polar surface area (TPSA) is 68.5 Å². The predicted octanol–water partition coefficient (Wildman–Crippen LogP) is 3.73. The molecular weight excluding hydrogens is 350 g/mol. The van der Waals surface area contributed by atoms with Gasteiger partial charge in [-0.05, 0) is 36.4 Å². The van der Waals surface area contributed by atoms with Crippen molar-refractivity contribution >= 4 is 17.2 Å². The van der Waals surface area contributed by atoms with Crippen LogP contribution in [0.15, 0.2) is 52.3 Å². The first-order chi connectivity index (χ1) is 12.8. The third-order valence-electron chi connectivity index (χ3n) is 4.38. The molecule has 0 N–H and O–H groups in total. The lowest BCUT2D eigenvalue weighted by Gasteiger charge is -2.30. The zero-order chi connectivity index (χ0) is 17.8. The zero-order valence-corrected chi connectivity index (χ0v) is 15.0. The smallest absolute Gasteiger partial charge is 0.263 e. The molecule has 1 aliphatic rings. The Morgan fingerprint density at radius 3 is 2.92 bits per heavy atom. The van der Waals surface area contributed by atoms with E-state index >= 15 is 0 Å². The van der Waals surface area contributed by atoms with Gasteiger partial charge in [0, 0.05) is 13.1 Å². The number of aromatic nitrogens is 2. The molecule has 7 heteroatoms. The Morgan fingerprint density at radius 2 is 2.12 bits per heavy atom. The van der Waals surface area contributed by atoms with Crippen LogP contribution >= 0.6 is 11.3 Å². The van der Waals surface area contributed by atoms with Gasteiger partial charge in [0.1, 0.15) is 5.75 Å². The number of rotatable bonds is 5. The first kappa shape index (κ1) is 16.8. The molecule has 1 unspecified atom stereocenters. The Kier molecular flexibility index (Phi) is 4.97. The largest absolute Gasteiger partial charge is 0.484 e. The van der Waals surface area contributed by atoms with Crippen molar-refractivity contribution in [3.8, 4) is 5.75 Å². The van der Waals surface area contributed by atoms with Crippen molar-refractivity contribution in [1.29, 1.82) is 0 Å². The Labute approximate surface area is 155 Å². The van der Waals surface area contributed by atoms with E-state index in [4.69, 9.17) is 9.15 Å². The molecule has 1 saturated heterocycles. The molecule has 0 aliphatic carbocycles. The van der Waals surface area contributed by atoms with Crippen LogP contribution in [0.3, 0.4) is 0 Å². The molecule has 1 aromatic carbocycles. The van der Waals surface area contributed by atoms with Gasteiger partial charge in [-0.2, -0.15) is 0 Å². The molecule has 0 saturated carbocycles. The molecule has 3 aromatic rings. The molecule has 1 atom stereocenters. The van der Waals surface area contributed by atoms with Gasteiger partial charge in [-0.25, -0.2) is 0 Å². The van der Waals surface area contributed by atoms with Crippen LogP contribution in [-0.4, -0.2) is 34.1 Å². The lowest BCUT2D eigenvalue weighted by atomic mass is 9.98. The van der Waals surface area contributed by atoms with E-state index in [0.717, 1.165) is 30.0 Å². The summed E-state index contributed by atoms with van der Waals surface area (Å²) in [5, 5.41) is 10.2. The molecule has 4 rings (SSSR count). The highest BCUT2D eigenvalue weighted by atomic mass is 32.1. The summed E-state index contributed by atoms with van der Waals surface area (Å²) in [6.07, 6.45) is 1.87. The summed E-state index contributed by atoms with van der Waals surface area (Å²) < 4.78 is 11.4. The number of amides is 1. The number of nitrogens with zero attached hydrogens (tertiary/aromatic N) is 3. The van der Waals surface area contributed by atoms with Crippen molar-refractivity contribution in [1.82, 2.24) is 15.1 Å². The number of carbonyl (C=O) groups is 1. The van der Waals surface area contributed by atoms with Gasteiger partial charge in [-0.1, -0.05) is 24.3 Å². The van der Waals surface area contributed by atoms with E-state index in [1.54, 1.807) is 0 Å². The zero-order valence-electron chi connectivity index (χ0n) is 14.2. The predicted molar refractivity (Wildman–Crippen MR) is 97.3 cm³/mol. The highest BCUT2D eigenvalue weighted by molar-refractivity contribution is 7.12. The second kappa shape index (κ2) is 7.70. The molecule has 1 fully saturated rings. The molecule has 26 heavy (non-hydrogen) atoms. The van der Waals surface area contributed by atoms with Crippen LogP contribution in [0.4, 0.5) is 0 Å². The SMILES string of the molecule is O=C(c1cccs1)N1CCCC(c2nnc(COc3ccccc3)o2)C1. The monoisotopic (exact) mass is 369 g/mol. The quantitative estimate of drug-likeness (QED) is 0.685. The number of benzene rings is 1. The molecule has 0 radical (unpaired) electrons. The van der Waals surface area contributed by atoms with Crippen LogP contribution < -0.4 is 4.74 Å². The van der Waals surface area contributed by atoms with E-state index in [2.05, 4.69) is 10.2 Å². The first-order valence-corrected chi connectivity index (χ1v) is 9.50. The van der Waals surface area contributed by atoms with Gasteiger partial charge < -0.3 is 14.1 Å². The van der Waals surface area contributed by atoms with Crippen molar-refractivity contribution in [2.75, 3.05) is 13.1 Å². The summed E-state index contributed by atoms with van der Waals surface area (Å²) in [4.78, 5) is 15.2. The van der Waals surface area contributed by atoms with E-state index in [0.29, 0.717) is 18.3 Å². The third-order valence-corrected chi connectivity index (χ3v) is 5.24. The maximum Gasteiger partial charge on any atom is 0.263 e. The van der Waals surface area contributed by atoms with Crippen LogP contribution in [0.2, 0.25) is 0 Å². The van der Waals surface area contributed by atoms with E-state index in [1.807, 2.05) is 52.7 Å². The normalized spacial score (nSPS) is 17.2. The van der Waals surface area contributed by atoms with Gasteiger partial charge in [0.2, 0.25) is 5.89 Å². The second-order valence-electron chi connectivity index (χ2n) is 6.20. The maximum absolute atomic E-state index is 12.6. The number of ether oxygens (including phenoxy) is 1. The molecule has 6 nitrogen and oxygen atoms in total. The van der Waals surface area contributed by atoms with E-state index in [9.17, 15) is 4.79 Å². The Hall–Kier alpha value is -2.67. The summed E-state index contributed by atoms with van der Waals surface area (Å²) >= 11 is 1.47. The molecule has 1 aliphatic heterocycles. The van der Waals surface area contributed by atoms with Crippen molar-refractivity contribution in [2.45, 2.75) is 25.4 Å². The number of thiophene rings is 1. The fourth-order valence-electron chi connectivity index (χ4n) is 3.07. The Balaban J connectivity index is 1.38. The Bertz CT molecular complexity index is 848. The van der Waals surface area contributed by atoms with Crippen molar-refractivity contribution in [3.63, 3.8) is 0 Å². The van der Waals surface area contributed by atoms with Gasteiger partial charge in [0.25, 0.3) is 11.8 Å². The van der Waals surface area contributed by atoms with Gasteiger partial charge in [-0.3, -0.25) is 4.79 Å². The average molecular weight is 369 g/mol. The average Bonchev–Trinajstić information content (AvgIpc) is 3.39. The molecule has 3 heterocycles. The van der Waals surface area contributed by atoms with E-state index in [-0.39, 0.29) is 18.4 Å². The summed E-state index contributed by atoms with van der Waals surface area (Å²) in [7, 11) is 0. The van der Waals surface area contributed by atoms with Crippen LogP contribution in [0, 0.1) is 0 Å². The number of carbonyl (C=O) groups excluding carboxylic acids is 1. The molecule has 1 amide bonds. The maximum atomic E-state index is 12.6. The minimum atomic E-state index is 0.0747. The fourth-order valence-corrected chi connectivity index (χ4v) is 3.76. The minimum Gasteiger partial charge on any atom is -0.484 e. The van der Waals surface area contributed by atoms with Crippen LogP contribution in [0.5, 0.6) is 5.75 Å². The number of piperidine rings is 1. The standard InChI is InChI=1S/C19H19N3O3S/c23-19(16-9-5-11-26-16)22-10-4-6-14(12-22)18-21-20-17(25-18)13-24-15-7-2-1-3-8-15/h1-3,5,7-9,11,14H,4,6,10,12-13H2. The summed E-state index contributed by atoms with van der Waals surface area (Å²) in [6.45, 7) is 1.62. The van der Waals surface area contributed by atoms with Gasteiger partial charge >= 0.3 is 0 Å². The summed E-state index contributed by atoms with van der Waals surface area (Å²) in [5.41, 5.74) is 0. The van der Waals surface area contributed by atoms with Gasteiger partial charge in [0.05, 0.1) is 10.8 Å². The minimum absolute atomic E-state index is 0.0747. The Morgan fingerprint density at radius 1 is 1.23 bits per heavy atom. The van der Waals surface area contributed by atoms with Crippen LogP contribution in [-0.2, 0) is 6.61 Å². The lowest BCUT2D eigenvalue weighted by molar-refractivity contribution is 0.0702. The molecule has 134 valence electrons. The van der Waals surface area contributed by atoms with Crippen molar-refractivity contribution < 1.29 is 13.9 Å². The van der Waals surface area contributed by atoms with Gasteiger partial charge in [0.15, 0.2) is 6.61 Å². The number of hydrogen-bond acceptors (Lipinski definition) is 6. The third kappa shape index (κ3) is 3.77. The molecule has 0 bridgehead atoms. The number of likely N-dealkylation sites (tertiary alicyclic amines) is 1. The van der Waals surface area contributed by atoms with Crippen molar-refractivity contribution in [3.05, 3.63) is 64.5 Å². The first-order valence-electron chi connectivity index (χ1n) is 8.62. The molecule has 0 spiro atoms. The second-order valence-corrected chi connectivity index (χ2v) is 7.15. The highest BCUT2D eigenvalue weighted by Gasteiger charge is 2.29.